The molecule has 28 heavy (non-hydrogen) atoms. The van der Waals surface area contributed by atoms with Crippen LogP contribution < -0.4 is 10.6 Å². The molecule has 0 heterocycles. The van der Waals surface area contributed by atoms with Gasteiger partial charge >= 0.3 is 5.97 Å². The number of nitrogens with one attached hydrogen (secondary N) is 2. The van der Waals surface area contributed by atoms with E-state index in [2.05, 4.69) is 10.6 Å². The van der Waals surface area contributed by atoms with E-state index in [1.165, 1.54) is 19.9 Å². The van der Waals surface area contributed by atoms with Crippen molar-refractivity contribution in [3.8, 4) is 0 Å². The van der Waals surface area contributed by atoms with Gasteiger partial charge in [-0.05, 0) is 51.1 Å². The van der Waals surface area contributed by atoms with Crippen molar-refractivity contribution in [1.29, 1.82) is 0 Å². The molecule has 2 atom stereocenters. The van der Waals surface area contributed by atoms with Crippen LogP contribution in [-0.2, 0) is 14.3 Å². The average Bonchev–Trinajstić information content (AvgIpc) is 2.63. The van der Waals surface area contributed by atoms with Crippen LogP contribution in [-0.4, -0.2) is 29.9 Å². The number of carbonyl (C=O) groups excluding carboxylic acids is 3. The first-order valence-electron chi connectivity index (χ1n) is 8.51. The summed E-state index contributed by atoms with van der Waals surface area (Å²) in [5.41, 5.74) is 1.71. The Balaban J connectivity index is 1.91. The molecule has 0 aromatic heterocycles. The predicted octanol–water partition coefficient (Wildman–Crippen LogP) is 3.99. The summed E-state index contributed by atoms with van der Waals surface area (Å²) in [6.07, 6.45) is -1.09. The lowest BCUT2D eigenvalue weighted by Gasteiger charge is -2.18. The normalized spacial score (nSPS) is 12.6. The van der Waals surface area contributed by atoms with Gasteiger partial charge in [-0.3, -0.25) is 9.59 Å². The molecule has 0 bridgehead atoms. The molecular formula is C20H20Cl2N2O4. The summed E-state index contributed by atoms with van der Waals surface area (Å²) in [5, 5.41) is 5.81. The zero-order valence-electron chi connectivity index (χ0n) is 15.6. The lowest BCUT2D eigenvalue weighted by Crippen LogP contribution is -2.42. The third-order valence-corrected chi connectivity index (χ3v) is 4.38. The number of aryl methyl sites for hydroxylation is 1. The van der Waals surface area contributed by atoms with Crippen molar-refractivity contribution in [3.63, 3.8) is 0 Å². The van der Waals surface area contributed by atoms with Crippen LogP contribution >= 0.6 is 23.2 Å². The van der Waals surface area contributed by atoms with E-state index in [-0.39, 0.29) is 5.02 Å². The van der Waals surface area contributed by atoms with Crippen LogP contribution in [0, 0.1) is 6.92 Å². The van der Waals surface area contributed by atoms with Crippen LogP contribution in [0.3, 0.4) is 0 Å². The topological polar surface area (TPSA) is 84.5 Å². The van der Waals surface area contributed by atoms with E-state index in [0.29, 0.717) is 16.3 Å². The fraction of sp³-hybridized carbons (Fsp3) is 0.250. The summed E-state index contributed by atoms with van der Waals surface area (Å²) in [5.74, 6) is -1.70. The second-order valence-electron chi connectivity index (χ2n) is 6.26. The van der Waals surface area contributed by atoms with Crippen LogP contribution in [0.5, 0.6) is 0 Å². The maximum atomic E-state index is 12.2. The van der Waals surface area contributed by atoms with Crippen LogP contribution in [0.15, 0.2) is 42.5 Å². The molecule has 0 radical (unpaired) electrons. The molecule has 148 valence electrons. The Bertz CT molecular complexity index is 902. The van der Waals surface area contributed by atoms with Crippen LogP contribution in [0.1, 0.15) is 29.8 Å². The summed E-state index contributed by atoms with van der Waals surface area (Å²) in [7, 11) is 0. The van der Waals surface area contributed by atoms with Gasteiger partial charge in [0.25, 0.3) is 11.8 Å². The van der Waals surface area contributed by atoms with Gasteiger partial charge in [0.15, 0.2) is 6.10 Å². The highest BCUT2D eigenvalue weighted by Crippen LogP contribution is 2.25. The number of rotatable bonds is 6. The maximum Gasteiger partial charge on any atom is 0.329 e. The number of hydrogen-bond acceptors (Lipinski definition) is 4. The first kappa shape index (κ1) is 21.7. The van der Waals surface area contributed by atoms with Crippen LogP contribution in [0.2, 0.25) is 10.0 Å². The van der Waals surface area contributed by atoms with Crippen molar-refractivity contribution in [2.75, 3.05) is 5.32 Å². The van der Waals surface area contributed by atoms with E-state index in [1.807, 2.05) is 13.0 Å². The molecule has 2 amide bonds. The van der Waals surface area contributed by atoms with Gasteiger partial charge in [-0.2, -0.15) is 0 Å². The lowest BCUT2D eigenvalue weighted by molar-refractivity contribution is -0.154. The molecule has 0 fully saturated rings. The van der Waals surface area contributed by atoms with Crippen molar-refractivity contribution in [1.82, 2.24) is 5.32 Å². The molecule has 2 rings (SSSR count). The van der Waals surface area contributed by atoms with E-state index in [1.54, 1.807) is 30.3 Å². The molecular weight excluding hydrogens is 403 g/mol. The highest BCUT2D eigenvalue weighted by atomic mass is 35.5. The number of hydrogen-bond donors (Lipinski definition) is 2. The second-order valence-corrected chi connectivity index (χ2v) is 7.10. The lowest BCUT2D eigenvalue weighted by atomic mass is 10.1. The zero-order chi connectivity index (χ0) is 20.8. The summed E-state index contributed by atoms with van der Waals surface area (Å²) < 4.78 is 5.14. The Hall–Kier alpha value is -2.57. The first-order chi connectivity index (χ1) is 13.2. The van der Waals surface area contributed by atoms with Crippen molar-refractivity contribution in [3.05, 3.63) is 63.6 Å². The molecule has 0 aliphatic rings. The third kappa shape index (κ3) is 5.97. The molecule has 0 spiro atoms. The molecule has 2 aromatic carbocycles. The van der Waals surface area contributed by atoms with Gasteiger partial charge in [0.2, 0.25) is 0 Å². The summed E-state index contributed by atoms with van der Waals surface area (Å²) in [6, 6.07) is 10.6. The summed E-state index contributed by atoms with van der Waals surface area (Å²) in [6.45, 7) is 4.77. The van der Waals surface area contributed by atoms with Crippen molar-refractivity contribution < 1.29 is 19.1 Å². The predicted molar refractivity (Wildman–Crippen MR) is 109 cm³/mol. The van der Waals surface area contributed by atoms with E-state index >= 15 is 0 Å². The number of anilines is 1. The van der Waals surface area contributed by atoms with Crippen molar-refractivity contribution in [2.24, 2.45) is 0 Å². The highest BCUT2D eigenvalue weighted by molar-refractivity contribution is 6.36. The van der Waals surface area contributed by atoms with Crippen LogP contribution in [0.25, 0.3) is 0 Å². The minimum Gasteiger partial charge on any atom is -0.451 e. The molecule has 2 N–H and O–H groups in total. The summed E-state index contributed by atoms with van der Waals surface area (Å²) in [4.78, 5) is 36.6. The molecule has 0 aliphatic carbocycles. The number of carbonyl (C=O) groups is 3. The SMILES string of the molecule is Cc1cccc(C(=O)N[C@@H](C)C(=O)OC(C)C(=O)Nc2ccc(Cl)cc2Cl)c1. The number of halogens is 2. The molecule has 0 saturated heterocycles. The van der Waals surface area contributed by atoms with E-state index in [9.17, 15) is 14.4 Å². The molecule has 2 aromatic rings. The minimum atomic E-state index is -1.09. The Labute approximate surface area is 173 Å². The molecule has 0 aliphatic heterocycles. The number of amides is 2. The Morgan fingerprint density at radius 3 is 2.39 bits per heavy atom. The second kappa shape index (κ2) is 9.57. The number of ether oxygens (including phenoxy) is 1. The zero-order valence-corrected chi connectivity index (χ0v) is 17.1. The molecule has 6 nitrogen and oxygen atoms in total. The van der Waals surface area contributed by atoms with Gasteiger partial charge in [-0.25, -0.2) is 4.79 Å². The quantitative estimate of drug-likeness (QED) is 0.689. The highest BCUT2D eigenvalue weighted by Gasteiger charge is 2.24. The van der Waals surface area contributed by atoms with E-state index in [0.717, 1.165) is 5.56 Å². The van der Waals surface area contributed by atoms with Gasteiger partial charge < -0.3 is 15.4 Å². The average molecular weight is 423 g/mol. The molecule has 1 unspecified atom stereocenters. The molecule has 8 heteroatoms. The maximum absolute atomic E-state index is 12.2. The fourth-order valence-corrected chi connectivity index (χ4v) is 2.74. The van der Waals surface area contributed by atoms with Gasteiger partial charge in [-0.1, -0.05) is 40.9 Å². The Kier molecular flexibility index (Phi) is 7.43. The Morgan fingerprint density at radius 2 is 1.75 bits per heavy atom. The van der Waals surface area contributed by atoms with Crippen LogP contribution in [0.4, 0.5) is 5.69 Å². The minimum absolute atomic E-state index is 0.262. The smallest absolute Gasteiger partial charge is 0.329 e. The number of esters is 1. The van der Waals surface area contributed by atoms with Gasteiger partial charge in [0.05, 0.1) is 10.7 Å². The third-order valence-electron chi connectivity index (χ3n) is 3.83. The Morgan fingerprint density at radius 1 is 1.04 bits per heavy atom. The standard InChI is InChI=1S/C20H20Cl2N2O4/c1-11-5-4-6-14(9-11)19(26)23-12(2)20(27)28-13(3)18(25)24-17-8-7-15(21)10-16(17)22/h4-10,12-13H,1-3H3,(H,23,26)(H,24,25)/t12-,13?/m0/s1. The number of benzene rings is 2. The molecule has 0 saturated carbocycles. The van der Waals surface area contributed by atoms with Gasteiger partial charge in [0, 0.05) is 10.6 Å². The van der Waals surface area contributed by atoms with Crippen molar-refractivity contribution in [2.45, 2.75) is 32.9 Å². The monoisotopic (exact) mass is 422 g/mol. The van der Waals surface area contributed by atoms with Crippen molar-refractivity contribution >= 4 is 46.7 Å². The first-order valence-corrected chi connectivity index (χ1v) is 9.27. The largest absolute Gasteiger partial charge is 0.451 e. The van der Waals surface area contributed by atoms with E-state index in [4.69, 9.17) is 27.9 Å². The fourth-order valence-electron chi connectivity index (χ4n) is 2.28. The van der Waals surface area contributed by atoms with Gasteiger partial charge in [-0.15, -0.1) is 0 Å². The van der Waals surface area contributed by atoms with E-state index < -0.39 is 29.9 Å². The summed E-state index contributed by atoms with van der Waals surface area (Å²) >= 11 is 11.8. The van der Waals surface area contributed by atoms with Gasteiger partial charge in [0.1, 0.15) is 6.04 Å².